The molecule has 0 atom stereocenters. The van der Waals surface area contributed by atoms with E-state index < -0.39 is 0 Å². The molecule has 0 aliphatic rings. The molecule has 0 unspecified atom stereocenters. The van der Waals surface area contributed by atoms with Gasteiger partial charge in [-0.15, -0.1) is 0 Å². The van der Waals surface area contributed by atoms with Crippen LogP contribution in [0.15, 0.2) is 24.3 Å². The van der Waals surface area contributed by atoms with Gasteiger partial charge in [-0.05, 0) is 19.1 Å². The molecule has 0 saturated heterocycles. The van der Waals surface area contributed by atoms with E-state index >= 15 is 0 Å². The first kappa shape index (κ1) is 8.78. The second-order valence-corrected chi connectivity index (χ2v) is 2.79. The van der Waals surface area contributed by atoms with Crippen LogP contribution in [-0.2, 0) is 4.79 Å². The molecule has 0 aliphatic heterocycles. The second kappa shape index (κ2) is 3.39. The smallest absolute Gasteiger partial charge is 0.227 e. The molecule has 0 saturated carbocycles. The number of hydrogen-bond donors (Lipinski definition) is 0. The van der Waals surface area contributed by atoms with Gasteiger partial charge in [-0.1, -0.05) is 17.7 Å². The van der Waals surface area contributed by atoms with Crippen LogP contribution >= 0.6 is 0 Å². The van der Waals surface area contributed by atoms with Gasteiger partial charge in [0.2, 0.25) is 5.91 Å². The molecule has 0 fully saturated rings. The summed E-state index contributed by atoms with van der Waals surface area (Å²) >= 11 is 0. The van der Waals surface area contributed by atoms with E-state index in [0.717, 1.165) is 5.69 Å². The predicted octanol–water partition coefficient (Wildman–Crippen LogP) is 1.79. The number of amides is 1. The highest BCUT2D eigenvalue weighted by atomic mass is 16.2. The van der Waals surface area contributed by atoms with Gasteiger partial charge in [0.25, 0.3) is 0 Å². The van der Waals surface area contributed by atoms with Gasteiger partial charge in [-0.3, -0.25) is 4.79 Å². The van der Waals surface area contributed by atoms with Crippen LogP contribution in [0.25, 0.3) is 0 Å². The minimum Gasteiger partial charge on any atom is -0.315 e. The first-order valence-corrected chi connectivity index (χ1v) is 3.77. The number of benzene rings is 1. The standard InChI is InChI=1S/C10H12NO/c1-8-4-6-10(7-5-8)11(3)9(2)12/h4-7H,2H2,1,3H3. The van der Waals surface area contributed by atoms with Crippen LogP contribution in [0.4, 0.5) is 5.69 Å². The highest BCUT2D eigenvalue weighted by molar-refractivity contribution is 5.95. The summed E-state index contributed by atoms with van der Waals surface area (Å²) in [6, 6.07) is 7.74. The maximum atomic E-state index is 10.8. The quantitative estimate of drug-likeness (QED) is 0.616. The molecule has 1 radical (unpaired) electrons. The molecule has 63 valence electrons. The number of carbonyl (C=O) groups excluding carboxylic acids is 1. The van der Waals surface area contributed by atoms with Crippen molar-refractivity contribution in [2.45, 2.75) is 6.92 Å². The number of nitrogens with zero attached hydrogens (tertiary/aromatic N) is 1. The van der Waals surface area contributed by atoms with Gasteiger partial charge in [-0.25, -0.2) is 0 Å². The molecule has 0 bridgehead atoms. The Morgan fingerprint density at radius 3 is 2.25 bits per heavy atom. The van der Waals surface area contributed by atoms with Gasteiger partial charge in [0.15, 0.2) is 0 Å². The van der Waals surface area contributed by atoms with E-state index in [1.54, 1.807) is 7.05 Å². The zero-order valence-electron chi connectivity index (χ0n) is 7.37. The van der Waals surface area contributed by atoms with Crippen molar-refractivity contribution < 1.29 is 4.79 Å². The molecular weight excluding hydrogens is 150 g/mol. The molecule has 0 N–H and O–H groups in total. The lowest BCUT2D eigenvalue weighted by Gasteiger charge is -2.14. The average molecular weight is 162 g/mol. The van der Waals surface area contributed by atoms with Gasteiger partial charge >= 0.3 is 0 Å². The third-order valence-corrected chi connectivity index (χ3v) is 1.80. The van der Waals surface area contributed by atoms with Crippen molar-refractivity contribution in [2.75, 3.05) is 11.9 Å². The van der Waals surface area contributed by atoms with Crippen molar-refractivity contribution in [1.82, 2.24) is 0 Å². The van der Waals surface area contributed by atoms with Crippen molar-refractivity contribution in [3.05, 3.63) is 36.8 Å². The Labute approximate surface area is 72.8 Å². The molecule has 2 nitrogen and oxygen atoms in total. The Morgan fingerprint density at radius 1 is 1.33 bits per heavy atom. The average Bonchev–Trinajstić information content (AvgIpc) is 2.04. The molecule has 1 rings (SSSR count). The fourth-order valence-electron chi connectivity index (χ4n) is 0.912. The van der Waals surface area contributed by atoms with E-state index in [2.05, 4.69) is 6.92 Å². The fourth-order valence-corrected chi connectivity index (χ4v) is 0.912. The van der Waals surface area contributed by atoms with Crippen LogP contribution in [0, 0.1) is 13.8 Å². The van der Waals surface area contributed by atoms with E-state index in [4.69, 9.17) is 0 Å². The number of anilines is 1. The Balaban J connectivity index is 2.89. The minimum atomic E-state index is -0.196. The summed E-state index contributed by atoms with van der Waals surface area (Å²) in [6.07, 6.45) is 0. The van der Waals surface area contributed by atoms with E-state index in [1.165, 1.54) is 10.5 Å². The number of carbonyl (C=O) groups is 1. The summed E-state index contributed by atoms with van der Waals surface area (Å²) in [6.45, 7) is 5.33. The van der Waals surface area contributed by atoms with Crippen molar-refractivity contribution in [3.63, 3.8) is 0 Å². The number of rotatable bonds is 1. The first-order valence-electron chi connectivity index (χ1n) is 3.77. The van der Waals surface area contributed by atoms with Crippen LogP contribution in [0.5, 0.6) is 0 Å². The third kappa shape index (κ3) is 1.84. The molecule has 0 heterocycles. The fraction of sp³-hybridized carbons (Fsp3) is 0.200. The van der Waals surface area contributed by atoms with Gasteiger partial charge in [-0.2, -0.15) is 0 Å². The molecule has 0 aliphatic carbocycles. The maximum Gasteiger partial charge on any atom is 0.227 e. The van der Waals surface area contributed by atoms with Crippen LogP contribution < -0.4 is 4.90 Å². The molecule has 0 aromatic heterocycles. The van der Waals surface area contributed by atoms with Crippen molar-refractivity contribution in [2.24, 2.45) is 0 Å². The zero-order valence-corrected chi connectivity index (χ0v) is 7.37. The first-order chi connectivity index (χ1) is 5.61. The summed E-state index contributed by atoms with van der Waals surface area (Å²) in [4.78, 5) is 12.4. The lowest BCUT2D eigenvalue weighted by Crippen LogP contribution is -2.22. The summed E-state index contributed by atoms with van der Waals surface area (Å²) in [5.41, 5.74) is 2.06. The Hall–Kier alpha value is -1.31. The number of aryl methyl sites for hydroxylation is 1. The highest BCUT2D eigenvalue weighted by Crippen LogP contribution is 2.12. The second-order valence-electron chi connectivity index (χ2n) is 2.79. The van der Waals surface area contributed by atoms with E-state index in [9.17, 15) is 4.79 Å². The predicted molar refractivity (Wildman–Crippen MR) is 49.9 cm³/mol. The van der Waals surface area contributed by atoms with Gasteiger partial charge in [0.1, 0.15) is 0 Å². The normalized spacial score (nSPS) is 9.58. The zero-order chi connectivity index (χ0) is 9.14. The van der Waals surface area contributed by atoms with Crippen LogP contribution in [0.3, 0.4) is 0 Å². The summed E-state index contributed by atoms with van der Waals surface area (Å²) in [5, 5.41) is 0. The lowest BCUT2D eigenvalue weighted by molar-refractivity contribution is -0.114. The summed E-state index contributed by atoms with van der Waals surface area (Å²) in [7, 11) is 1.71. The third-order valence-electron chi connectivity index (χ3n) is 1.80. The van der Waals surface area contributed by atoms with Crippen LogP contribution in [0.1, 0.15) is 5.56 Å². The van der Waals surface area contributed by atoms with Crippen molar-refractivity contribution >= 4 is 11.6 Å². The molecule has 1 amide bonds. The minimum absolute atomic E-state index is 0.196. The molecule has 12 heavy (non-hydrogen) atoms. The largest absolute Gasteiger partial charge is 0.315 e. The monoisotopic (exact) mass is 162 g/mol. The SMILES string of the molecule is [CH2]C(=O)N(C)c1ccc(C)cc1. The van der Waals surface area contributed by atoms with E-state index in [1.807, 2.05) is 31.2 Å². The Bertz CT molecular complexity index is 276. The van der Waals surface area contributed by atoms with Crippen LogP contribution in [0.2, 0.25) is 0 Å². The van der Waals surface area contributed by atoms with E-state index in [0.29, 0.717) is 0 Å². The highest BCUT2D eigenvalue weighted by Gasteiger charge is 2.03. The van der Waals surface area contributed by atoms with E-state index in [-0.39, 0.29) is 5.91 Å². The lowest BCUT2D eigenvalue weighted by atomic mass is 10.2. The molecular formula is C10H12NO. The molecule has 0 spiro atoms. The topological polar surface area (TPSA) is 20.3 Å². The van der Waals surface area contributed by atoms with Crippen molar-refractivity contribution in [1.29, 1.82) is 0 Å². The van der Waals surface area contributed by atoms with Gasteiger partial charge in [0.05, 0.1) is 0 Å². The van der Waals surface area contributed by atoms with Crippen LogP contribution in [-0.4, -0.2) is 13.0 Å². The Kier molecular flexibility index (Phi) is 2.48. The molecule has 1 aromatic carbocycles. The molecule has 1 aromatic rings. The van der Waals surface area contributed by atoms with Crippen molar-refractivity contribution in [3.8, 4) is 0 Å². The Morgan fingerprint density at radius 2 is 1.83 bits per heavy atom. The summed E-state index contributed by atoms with van der Waals surface area (Å²) < 4.78 is 0. The number of hydrogen-bond acceptors (Lipinski definition) is 1. The maximum absolute atomic E-state index is 10.8. The van der Waals surface area contributed by atoms with Gasteiger partial charge in [0, 0.05) is 19.7 Å². The summed E-state index contributed by atoms with van der Waals surface area (Å²) in [5.74, 6) is -0.196. The van der Waals surface area contributed by atoms with Gasteiger partial charge < -0.3 is 4.90 Å². The molecule has 2 heteroatoms.